The zero-order valence-electron chi connectivity index (χ0n) is 13.8. The Bertz CT molecular complexity index is 767. The maximum Gasteiger partial charge on any atom is 0.145 e. The quantitative estimate of drug-likeness (QED) is 0.476. The SMILES string of the molecule is C/C=C(N)\C=C/C(C)N=C(C#N)C(C1=CCCC=C1)=C(C#N)C#N. The molecule has 5 heteroatoms. The fourth-order valence-electron chi connectivity index (χ4n) is 2.08. The highest BCUT2D eigenvalue weighted by atomic mass is 14.8. The summed E-state index contributed by atoms with van der Waals surface area (Å²) >= 11 is 0. The monoisotopic (exact) mass is 317 g/mol. The first-order valence-electron chi connectivity index (χ1n) is 7.57. The Morgan fingerprint density at radius 2 is 1.96 bits per heavy atom. The smallest absolute Gasteiger partial charge is 0.145 e. The average molecular weight is 317 g/mol. The number of hydrogen-bond donors (Lipinski definition) is 1. The van der Waals surface area contributed by atoms with E-state index in [1.807, 2.05) is 43.4 Å². The first kappa shape index (κ1) is 18.7. The van der Waals surface area contributed by atoms with E-state index in [1.165, 1.54) is 0 Å². The van der Waals surface area contributed by atoms with Gasteiger partial charge in [0.1, 0.15) is 29.5 Å². The van der Waals surface area contributed by atoms with Crippen molar-refractivity contribution in [3.63, 3.8) is 0 Å². The summed E-state index contributed by atoms with van der Waals surface area (Å²) in [5, 5.41) is 28.0. The number of allylic oxidation sites excluding steroid dienone is 8. The summed E-state index contributed by atoms with van der Waals surface area (Å²) in [6.07, 6.45) is 12.6. The predicted octanol–water partition coefficient (Wildman–Crippen LogP) is 3.38. The number of rotatable bonds is 5. The van der Waals surface area contributed by atoms with Gasteiger partial charge < -0.3 is 5.73 Å². The average Bonchev–Trinajstić information content (AvgIpc) is 2.63. The van der Waals surface area contributed by atoms with Crippen LogP contribution in [0.4, 0.5) is 0 Å². The van der Waals surface area contributed by atoms with Crippen molar-refractivity contribution in [3.8, 4) is 18.2 Å². The minimum absolute atomic E-state index is 0.0714. The van der Waals surface area contributed by atoms with Crippen LogP contribution in [-0.4, -0.2) is 11.8 Å². The van der Waals surface area contributed by atoms with Gasteiger partial charge in [-0.2, -0.15) is 15.8 Å². The lowest BCUT2D eigenvalue weighted by molar-refractivity contribution is 0.925. The minimum Gasteiger partial charge on any atom is -0.399 e. The molecule has 0 bridgehead atoms. The van der Waals surface area contributed by atoms with E-state index in [-0.39, 0.29) is 22.9 Å². The molecule has 0 aromatic heterocycles. The molecule has 2 N–H and O–H groups in total. The summed E-state index contributed by atoms with van der Waals surface area (Å²) in [5.41, 5.74) is 7.23. The minimum atomic E-state index is -0.319. The van der Waals surface area contributed by atoms with Crippen LogP contribution in [-0.2, 0) is 0 Å². The molecular formula is C19H19N5. The summed E-state index contributed by atoms with van der Waals surface area (Å²) in [4.78, 5) is 4.34. The molecule has 1 unspecified atom stereocenters. The van der Waals surface area contributed by atoms with Crippen LogP contribution in [0.5, 0.6) is 0 Å². The first-order chi connectivity index (χ1) is 11.6. The molecule has 0 amide bonds. The summed E-state index contributed by atoms with van der Waals surface area (Å²) in [6.45, 7) is 3.63. The third kappa shape index (κ3) is 5.13. The van der Waals surface area contributed by atoms with Crippen LogP contribution in [0.1, 0.15) is 26.7 Å². The van der Waals surface area contributed by atoms with Gasteiger partial charge in [-0.15, -0.1) is 0 Å². The van der Waals surface area contributed by atoms with Crippen molar-refractivity contribution in [1.82, 2.24) is 0 Å². The Morgan fingerprint density at radius 1 is 1.25 bits per heavy atom. The molecule has 1 aliphatic carbocycles. The Kier molecular flexibility index (Phi) is 7.49. The van der Waals surface area contributed by atoms with Crippen molar-refractivity contribution in [3.05, 3.63) is 58.9 Å². The van der Waals surface area contributed by atoms with Crippen LogP contribution in [0.2, 0.25) is 0 Å². The molecule has 0 fully saturated rings. The fraction of sp³-hybridized carbons (Fsp3) is 0.263. The van der Waals surface area contributed by atoms with E-state index in [1.54, 1.807) is 25.2 Å². The highest BCUT2D eigenvalue weighted by Gasteiger charge is 2.18. The van der Waals surface area contributed by atoms with Gasteiger partial charge in [0.25, 0.3) is 0 Å². The van der Waals surface area contributed by atoms with E-state index < -0.39 is 0 Å². The maximum atomic E-state index is 9.49. The number of nitrogens with zero attached hydrogens (tertiary/aromatic N) is 4. The number of nitriles is 3. The number of hydrogen-bond acceptors (Lipinski definition) is 5. The van der Waals surface area contributed by atoms with Crippen LogP contribution in [0.25, 0.3) is 0 Å². The molecule has 1 rings (SSSR count). The van der Waals surface area contributed by atoms with Crippen molar-refractivity contribution in [2.24, 2.45) is 10.7 Å². The summed E-state index contributed by atoms with van der Waals surface area (Å²) in [6, 6.07) is 5.42. The molecule has 1 atom stereocenters. The molecule has 0 heterocycles. The lowest BCUT2D eigenvalue weighted by Gasteiger charge is -2.11. The van der Waals surface area contributed by atoms with Gasteiger partial charge in [0.05, 0.1) is 6.04 Å². The second-order valence-corrected chi connectivity index (χ2v) is 5.09. The Hall–Kier alpha value is -3.36. The van der Waals surface area contributed by atoms with Gasteiger partial charge in [-0.25, -0.2) is 0 Å². The molecule has 0 saturated heterocycles. The van der Waals surface area contributed by atoms with E-state index in [9.17, 15) is 15.8 Å². The maximum absolute atomic E-state index is 9.49. The molecule has 1 aliphatic rings. The Labute approximate surface area is 142 Å². The predicted molar refractivity (Wildman–Crippen MR) is 94.3 cm³/mol. The normalized spacial score (nSPS) is 15.9. The van der Waals surface area contributed by atoms with E-state index >= 15 is 0 Å². The second-order valence-electron chi connectivity index (χ2n) is 5.09. The molecule has 24 heavy (non-hydrogen) atoms. The van der Waals surface area contributed by atoms with E-state index in [0.29, 0.717) is 11.3 Å². The molecule has 0 aromatic carbocycles. The van der Waals surface area contributed by atoms with Crippen molar-refractivity contribution >= 4 is 5.71 Å². The second kappa shape index (κ2) is 9.62. The summed E-state index contributed by atoms with van der Waals surface area (Å²) in [5.74, 6) is 0. The van der Waals surface area contributed by atoms with Gasteiger partial charge in [-0.05, 0) is 38.3 Å². The van der Waals surface area contributed by atoms with Crippen LogP contribution >= 0.6 is 0 Å². The number of aliphatic imine (C=N–C) groups is 1. The van der Waals surface area contributed by atoms with Gasteiger partial charge in [-0.1, -0.05) is 30.4 Å². The zero-order chi connectivity index (χ0) is 17.9. The van der Waals surface area contributed by atoms with Crippen molar-refractivity contribution < 1.29 is 0 Å². The highest BCUT2D eigenvalue weighted by molar-refractivity contribution is 6.16. The summed E-state index contributed by atoms with van der Waals surface area (Å²) in [7, 11) is 0. The fourth-order valence-corrected chi connectivity index (χ4v) is 2.08. The Balaban J connectivity index is 3.35. The van der Waals surface area contributed by atoms with Gasteiger partial charge in [0, 0.05) is 11.3 Å². The topological polar surface area (TPSA) is 110 Å². The van der Waals surface area contributed by atoms with Gasteiger partial charge in [-0.3, -0.25) is 4.99 Å². The number of nitrogens with two attached hydrogens (primary N) is 1. The highest BCUT2D eigenvalue weighted by Crippen LogP contribution is 2.23. The van der Waals surface area contributed by atoms with Gasteiger partial charge in [0.2, 0.25) is 0 Å². The van der Waals surface area contributed by atoms with Crippen molar-refractivity contribution in [2.75, 3.05) is 0 Å². The molecule has 0 radical (unpaired) electrons. The summed E-state index contributed by atoms with van der Waals surface area (Å²) < 4.78 is 0. The third-order valence-corrected chi connectivity index (χ3v) is 3.33. The largest absolute Gasteiger partial charge is 0.399 e. The standard InChI is InChI=1S/C19H19N5/c1-3-17(23)10-9-14(2)24-18(13-22)19(16(11-20)12-21)15-7-5-4-6-8-15/h3,5,7-10,14H,4,6,23H2,1-2H3/b10-9-,17-3+,24-18?. The molecule has 5 nitrogen and oxygen atoms in total. The van der Waals surface area contributed by atoms with Crippen LogP contribution in [0, 0.1) is 34.0 Å². The van der Waals surface area contributed by atoms with Crippen molar-refractivity contribution in [2.45, 2.75) is 32.7 Å². The molecule has 0 aromatic rings. The van der Waals surface area contributed by atoms with Crippen LogP contribution in [0.3, 0.4) is 0 Å². The Morgan fingerprint density at radius 3 is 2.46 bits per heavy atom. The van der Waals surface area contributed by atoms with Crippen LogP contribution in [0.15, 0.2) is 63.9 Å². The van der Waals surface area contributed by atoms with E-state index in [2.05, 4.69) is 4.99 Å². The first-order valence-corrected chi connectivity index (χ1v) is 7.57. The van der Waals surface area contributed by atoms with E-state index in [0.717, 1.165) is 12.8 Å². The zero-order valence-corrected chi connectivity index (χ0v) is 13.8. The van der Waals surface area contributed by atoms with Crippen molar-refractivity contribution in [1.29, 1.82) is 15.8 Å². The molecule has 120 valence electrons. The van der Waals surface area contributed by atoms with Gasteiger partial charge >= 0.3 is 0 Å². The molecule has 0 aliphatic heterocycles. The third-order valence-electron chi connectivity index (χ3n) is 3.33. The molecule has 0 saturated carbocycles. The van der Waals surface area contributed by atoms with Crippen LogP contribution < -0.4 is 5.73 Å². The molecular weight excluding hydrogens is 298 g/mol. The lowest BCUT2D eigenvalue weighted by Crippen LogP contribution is -2.10. The lowest BCUT2D eigenvalue weighted by atomic mass is 9.92. The molecule has 0 spiro atoms. The van der Waals surface area contributed by atoms with Gasteiger partial charge in [0.15, 0.2) is 0 Å². The van der Waals surface area contributed by atoms with E-state index in [4.69, 9.17) is 5.73 Å².